The van der Waals surface area contributed by atoms with Crippen LogP contribution in [0.4, 0.5) is 11.5 Å². The number of hydrogen-bond donors (Lipinski definition) is 2. The minimum Gasteiger partial charge on any atom is -0.476 e. The average molecular weight is 291 g/mol. The number of nitrogens with two attached hydrogens (primary N) is 1. The Hall–Kier alpha value is -1.49. The molecule has 0 aliphatic heterocycles. The van der Waals surface area contributed by atoms with E-state index in [4.69, 9.17) is 15.2 Å². The fraction of sp³-hybridized carbons (Fsp3) is 0.688. The summed E-state index contributed by atoms with van der Waals surface area (Å²) in [5, 5.41) is 3.48. The van der Waals surface area contributed by atoms with Crippen LogP contribution in [0.1, 0.15) is 33.1 Å². The van der Waals surface area contributed by atoms with Crippen LogP contribution in [0.2, 0.25) is 0 Å². The van der Waals surface area contributed by atoms with Crippen molar-refractivity contribution in [2.75, 3.05) is 24.8 Å². The van der Waals surface area contributed by atoms with E-state index in [1.807, 2.05) is 12.1 Å². The summed E-state index contributed by atoms with van der Waals surface area (Å²) in [5.41, 5.74) is 6.64. The zero-order valence-electron chi connectivity index (χ0n) is 13.1. The van der Waals surface area contributed by atoms with Crippen LogP contribution in [0.3, 0.4) is 0 Å². The Morgan fingerprint density at radius 3 is 2.76 bits per heavy atom. The molecule has 0 amide bonds. The lowest BCUT2D eigenvalue weighted by atomic mass is 9.64. The second-order valence-electron chi connectivity index (χ2n) is 6.82. The minimum absolute atomic E-state index is 0.104. The van der Waals surface area contributed by atoms with Crippen molar-refractivity contribution in [2.45, 2.75) is 45.3 Å². The van der Waals surface area contributed by atoms with E-state index in [0.29, 0.717) is 29.6 Å². The molecule has 2 aliphatic carbocycles. The van der Waals surface area contributed by atoms with Gasteiger partial charge in [-0.3, -0.25) is 0 Å². The zero-order valence-corrected chi connectivity index (χ0v) is 13.1. The van der Waals surface area contributed by atoms with Crippen molar-refractivity contribution in [3.05, 3.63) is 12.1 Å². The first-order chi connectivity index (χ1) is 10.0. The van der Waals surface area contributed by atoms with Crippen molar-refractivity contribution in [1.29, 1.82) is 0 Å². The van der Waals surface area contributed by atoms with Gasteiger partial charge in [0.2, 0.25) is 5.88 Å². The van der Waals surface area contributed by atoms with Gasteiger partial charge in [-0.1, -0.05) is 13.8 Å². The van der Waals surface area contributed by atoms with Gasteiger partial charge >= 0.3 is 0 Å². The normalized spacial score (nSPS) is 27.0. The number of methoxy groups -OCH3 is 1. The lowest BCUT2D eigenvalue weighted by molar-refractivity contribution is -0.0795. The molecule has 5 nitrogen and oxygen atoms in total. The highest BCUT2D eigenvalue weighted by molar-refractivity contribution is 5.54. The lowest BCUT2D eigenvalue weighted by Crippen LogP contribution is -2.57. The second-order valence-corrected chi connectivity index (χ2v) is 6.82. The third-order valence-corrected chi connectivity index (χ3v) is 4.83. The molecule has 116 valence electrons. The van der Waals surface area contributed by atoms with Crippen LogP contribution >= 0.6 is 0 Å². The van der Waals surface area contributed by atoms with E-state index in [2.05, 4.69) is 24.1 Å². The number of rotatable bonds is 6. The Morgan fingerprint density at radius 2 is 2.14 bits per heavy atom. The summed E-state index contributed by atoms with van der Waals surface area (Å²) in [4.78, 5) is 4.51. The summed E-state index contributed by atoms with van der Waals surface area (Å²) >= 11 is 0. The molecule has 1 heterocycles. The second kappa shape index (κ2) is 5.37. The summed E-state index contributed by atoms with van der Waals surface area (Å²) < 4.78 is 11.2. The van der Waals surface area contributed by atoms with Crippen molar-refractivity contribution < 1.29 is 9.47 Å². The summed E-state index contributed by atoms with van der Waals surface area (Å²) in [6, 6.07) is 4.13. The van der Waals surface area contributed by atoms with Gasteiger partial charge in [0.25, 0.3) is 0 Å². The Balaban J connectivity index is 1.64. The Bertz CT molecular complexity index is 514. The molecule has 1 aromatic heterocycles. The van der Waals surface area contributed by atoms with E-state index in [-0.39, 0.29) is 5.41 Å². The number of hydrogen-bond acceptors (Lipinski definition) is 5. The molecule has 2 atom stereocenters. The van der Waals surface area contributed by atoms with E-state index in [9.17, 15) is 0 Å². The van der Waals surface area contributed by atoms with Gasteiger partial charge in [0.1, 0.15) is 5.82 Å². The molecule has 2 saturated carbocycles. The molecule has 5 heteroatoms. The van der Waals surface area contributed by atoms with Gasteiger partial charge in [0, 0.05) is 18.6 Å². The Morgan fingerprint density at radius 1 is 1.38 bits per heavy atom. The SMILES string of the molecule is COC1CC(Nc2ccc(N)c(OCC3CC3)n2)C1(C)C. The quantitative estimate of drug-likeness (QED) is 0.843. The first-order valence-corrected chi connectivity index (χ1v) is 7.69. The van der Waals surface area contributed by atoms with Crippen LogP contribution in [0.15, 0.2) is 12.1 Å². The van der Waals surface area contributed by atoms with Crippen LogP contribution < -0.4 is 15.8 Å². The third kappa shape index (κ3) is 2.93. The summed E-state index contributed by atoms with van der Waals surface area (Å²) in [5.74, 6) is 2.06. The maximum atomic E-state index is 5.93. The fourth-order valence-electron chi connectivity index (χ4n) is 2.84. The Labute approximate surface area is 126 Å². The topological polar surface area (TPSA) is 69.4 Å². The predicted molar refractivity (Wildman–Crippen MR) is 83.5 cm³/mol. The molecule has 0 radical (unpaired) electrons. The van der Waals surface area contributed by atoms with Crippen molar-refractivity contribution in [1.82, 2.24) is 4.98 Å². The van der Waals surface area contributed by atoms with Gasteiger partial charge in [0.15, 0.2) is 0 Å². The van der Waals surface area contributed by atoms with Crippen LogP contribution in [-0.2, 0) is 4.74 Å². The largest absolute Gasteiger partial charge is 0.476 e. The summed E-state index contributed by atoms with van der Waals surface area (Å²) in [7, 11) is 1.77. The van der Waals surface area contributed by atoms with Crippen molar-refractivity contribution in [3.63, 3.8) is 0 Å². The van der Waals surface area contributed by atoms with E-state index in [1.54, 1.807) is 7.11 Å². The van der Waals surface area contributed by atoms with Crippen molar-refractivity contribution in [3.8, 4) is 5.88 Å². The molecule has 3 N–H and O–H groups in total. The van der Waals surface area contributed by atoms with Crippen LogP contribution in [0.25, 0.3) is 0 Å². The number of nitrogens with one attached hydrogen (secondary N) is 1. The molecule has 2 unspecified atom stereocenters. The number of anilines is 2. The molecule has 0 saturated heterocycles. The fourth-order valence-corrected chi connectivity index (χ4v) is 2.84. The molecule has 2 fully saturated rings. The molecule has 3 rings (SSSR count). The van der Waals surface area contributed by atoms with Gasteiger partial charge in [-0.25, -0.2) is 0 Å². The maximum Gasteiger partial charge on any atom is 0.239 e. The molecule has 1 aromatic rings. The molecular formula is C16H25N3O2. The van der Waals surface area contributed by atoms with E-state index in [1.165, 1.54) is 12.8 Å². The molecule has 21 heavy (non-hydrogen) atoms. The molecule has 0 bridgehead atoms. The summed E-state index contributed by atoms with van der Waals surface area (Å²) in [6.07, 6.45) is 3.81. The monoisotopic (exact) mass is 291 g/mol. The number of nitrogens with zero attached hydrogens (tertiary/aromatic N) is 1. The number of nitrogen functional groups attached to an aromatic ring is 1. The average Bonchev–Trinajstić information content (AvgIpc) is 3.27. The first kappa shape index (κ1) is 14.4. The minimum atomic E-state index is 0.104. The van der Waals surface area contributed by atoms with Crippen LogP contribution in [-0.4, -0.2) is 30.8 Å². The molecule has 0 spiro atoms. The number of aromatic nitrogens is 1. The molecular weight excluding hydrogens is 266 g/mol. The Kier molecular flexibility index (Phi) is 3.69. The van der Waals surface area contributed by atoms with Gasteiger partial charge < -0.3 is 20.5 Å². The van der Waals surface area contributed by atoms with Crippen LogP contribution in [0.5, 0.6) is 5.88 Å². The van der Waals surface area contributed by atoms with Gasteiger partial charge in [0.05, 0.1) is 18.4 Å². The zero-order chi connectivity index (χ0) is 15.0. The number of pyridine rings is 1. The standard InChI is InChI=1S/C16H25N3O2/c1-16(2)12(8-13(16)20-3)18-14-7-6-11(17)15(19-14)21-9-10-4-5-10/h6-7,10,12-13H,4-5,8-9,17H2,1-3H3,(H,18,19). The first-order valence-electron chi connectivity index (χ1n) is 7.69. The van der Waals surface area contributed by atoms with Gasteiger partial charge in [-0.15, -0.1) is 0 Å². The molecule has 0 aromatic carbocycles. The van der Waals surface area contributed by atoms with E-state index >= 15 is 0 Å². The van der Waals surface area contributed by atoms with Gasteiger partial charge in [-0.2, -0.15) is 4.98 Å². The third-order valence-electron chi connectivity index (χ3n) is 4.83. The summed E-state index contributed by atoms with van der Waals surface area (Å²) in [6.45, 7) is 5.15. The highest BCUT2D eigenvalue weighted by Crippen LogP contribution is 2.44. The van der Waals surface area contributed by atoms with Crippen LogP contribution in [0, 0.1) is 11.3 Å². The highest BCUT2D eigenvalue weighted by Gasteiger charge is 2.48. The number of ether oxygens (including phenoxy) is 2. The van der Waals surface area contributed by atoms with E-state index < -0.39 is 0 Å². The smallest absolute Gasteiger partial charge is 0.239 e. The molecule has 2 aliphatic rings. The predicted octanol–water partition coefficient (Wildman–Crippen LogP) is 2.68. The highest BCUT2D eigenvalue weighted by atomic mass is 16.5. The maximum absolute atomic E-state index is 5.93. The van der Waals surface area contributed by atoms with Crippen molar-refractivity contribution in [2.24, 2.45) is 11.3 Å². The van der Waals surface area contributed by atoms with E-state index in [0.717, 1.165) is 18.8 Å². The van der Waals surface area contributed by atoms with Gasteiger partial charge in [-0.05, 0) is 37.3 Å². The lowest BCUT2D eigenvalue weighted by Gasteiger charge is -2.51. The van der Waals surface area contributed by atoms with Crippen molar-refractivity contribution >= 4 is 11.5 Å².